The highest BCUT2D eigenvalue weighted by Crippen LogP contribution is 2.24. The Labute approximate surface area is 194 Å². The lowest BCUT2D eigenvalue weighted by Gasteiger charge is -2.33. The Morgan fingerprint density at radius 3 is 2.42 bits per heavy atom. The third-order valence-electron chi connectivity index (χ3n) is 6.17. The molecule has 2 aromatic carbocycles. The van der Waals surface area contributed by atoms with Gasteiger partial charge < -0.3 is 21.3 Å². The summed E-state index contributed by atoms with van der Waals surface area (Å²) >= 11 is 0. The number of hydrogen-bond acceptors (Lipinski definition) is 6. The maximum Gasteiger partial charge on any atom is 0.260 e. The van der Waals surface area contributed by atoms with Gasteiger partial charge in [0.25, 0.3) is 5.91 Å². The number of pyridine rings is 1. The molecule has 2 heterocycles. The maximum absolute atomic E-state index is 13.4. The fraction of sp³-hybridized carbons (Fsp3) is 0.269. The van der Waals surface area contributed by atoms with Crippen LogP contribution in [-0.4, -0.2) is 47.8 Å². The molecular weight excluding hydrogens is 414 g/mol. The zero-order chi connectivity index (χ0) is 23.2. The number of amides is 1. The topological polar surface area (TPSA) is 106 Å². The predicted octanol–water partition coefficient (Wildman–Crippen LogP) is 3.49. The second kappa shape index (κ2) is 10.3. The highest BCUT2D eigenvalue weighted by atomic mass is 16.2. The number of nitrogens with two attached hydrogens (primary N) is 2. The number of Topliss-reactive ketones (excluding diaryl/α,β-unsaturated/α-hetero) is 1. The molecule has 0 spiro atoms. The standard InChI is InChI=1S/C26H29N5O2/c27-21-8-9-23(24(28)17-21)26(33)31(22-7-4-12-29-18-22)16-15-30-13-10-20(11-14-30)25(32)19-5-2-1-3-6-19/h1-9,12,17-18,20H,10-11,13-16,27-28H2. The van der Waals surface area contributed by atoms with Gasteiger partial charge in [-0.1, -0.05) is 30.3 Å². The van der Waals surface area contributed by atoms with Crippen LogP contribution in [-0.2, 0) is 0 Å². The molecule has 7 heteroatoms. The monoisotopic (exact) mass is 443 g/mol. The summed E-state index contributed by atoms with van der Waals surface area (Å²) in [5.74, 6) is 0.0881. The molecule has 170 valence electrons. The summed E-state index contributed by atoms with van der Waals surface area (Å²) in [7, 11) is 0. The molecule has 1 saturated heterocycles. The number of rotatable bonds is 7. The van der Waals surface area contributed by atoms with Crippen LogP contribution in [0.5, 0.6) is 0 Å². The van der Waals surface area contributed by atoms with Crippen LogP contribution >= 0.6 is 0 Å². The molecule has 7 nitrogen and oxygen atoms in total. The van der Waals surface area contributed by atoms with Crippen LogP contribution in [0, 0.1) is 5.92 Å². The van der Waals surface area contributed by atoms with Gasteiger partial charge >= 0.3 is 0 Å². The van der Waals surface area contributed by atoms with Crippen molar-refractivity contribution >= 4 is 28.8 Å². The smallest absolute Gasteiger partial charge is 0.260 e. The van der Waals surface area contributed by atoms with Crippen molar-refractivity contribution in [2.24, 2.45) is 5.92 Å². The molecule has 0 unspecified atom stereocenters. The summed E-state index contributed by atoms with van der Waals surface area (Å²) in [6.07, 6.45) is 4.99. The summed E-state index contributed by atoms with van der Waals surface area (Å²) in [5.41, 5.74) is 14.7. The Morgan fingerprint density at radius 2 is 1.76 bits per heavy atom. The van der Waals surface area contributed by atoms with Gasteiger partial charge in [-0.2, -0.15) is 0 Å². The van der Waals surface area contributed by atoms with Crippen LogP contribution in [0.25, 0.3) is 0 Å². The lowest BCUT2D eigenvalue weighted by atomic mass is 9.89. The number of likely N-dealkylation sites (tertiary alicyclic amines) is 1. The van der Waals surface area contributed by atoms with E-state index in [1.165, 1.54) is 0 Å². The van der Waals surface area contributed by atoms with E-state index in [1.54, 1.807) is 35.5 Å². The minimum absolute atomic E-state index is 0.0503. The summed E-state index contributed by atoms with van der Waals surface area (Å²) in [5, 5.41) is 0. The fourth-order valence-corrected chi connectivity index (χ4v) is 4.28. The molecule has 33 heavy (non-hydrogen) atoms. The van der Waals surface area contributed by atoms with Crippen LogP contribution in [0.15, 0.2) is 73.1 Å². The lowest BCUT2D eigenvalue weighted by molar-refractivity contribution is 0.0841. The van der Waals surface area contributed by atoms with Gasteiger partial charge in [0.15, 0.2) is 5.78 Å². The number of carbonyl (C=O) groups is 2. The van der Waals surface area contributed by atoms with Gasteiger partial charge in [-0.25, -0.2) is 0 Å². The lowest BCUT2D eigenvalue weighted by Crippen LogP contribution is -2.43. The molecule has 0 aliphatic carbocycles. The molecule has 4 rings (SSSR count). The summed E-state index contributed by atoms with van der Waals surface area (Å²) in [4.78, 5) is 34.3. The molecule has 1 aromatic heterocycles. The quantitative estimate of drug-likeness (QED) is 0.428. The second-order valence-electron chi connectivity index (χ2n) is 8.36. The average Bonchev–Trinajstić information content (AvgIpc) is 2.85. The van der Waals surface area contributed by atoms with Crippen LogP contribution < -0.4 is 16.4 Å². The van der Waals surface area contributed by atoms with Crippen molar-refractivity contribution in [3.05, 3.63) is 84.2 Å². The number of nitrogens with zero attached hydrogens (tertiary/aromatic N) is 3. The van der Waals surface area contributed by atoms with Gasteiger partial charge in [0.2, 0.25) is 0 Å². The number of aromatic nitrogens is 1. The Morgan fingerprint density at radius 1 is 1.00 bits per heavy atom. The number of hydrogen-bond donors (Lipinski definition) is 2. The number of ketones is 1. The summed E-state index contributed by atoms with van der Waals surface area (Å²) in [6.45, 7) is 2.83. The van der Waals surface area contributed by atoms with E-state index in [-0.39, 0.29) is 17.6 Å². The maximum atomic E-state index is 13.4. The zero-order valence-corrected chi connectivity index (χ0v) is 18.6. The number of nitrogen functional groups attached to an aromatic ring is 2. The minimum atomic E-state index is -0.186. The van der Waals surface area contributed by atoms with E-state index in [0.29, 0.717) is 35.7 Å². The molecule has 4 N–H and O–H groups in total. The van der Waals surface area contributed by atoms with Gasteiger partial charge in [0.1, 0.15) is 0 Å². The molecule has 0 bridgehead atoms. The molecule has 3 aromatic rings. The first-order chi connectivity index (χ1) is 16.0. The normalized spacial score (nSPS) is 14.7. The van der Waals surface area contributed by atoms with E-state index in [4.69, 9.17) is 11.5 Å². The molecule has 1 amide bonds. The first kappa shape index (κ1) is 22.5. The molecule has 0 atom stereocenters. The van der Waals surface area contributed by atoms with Crippen molar-refractivity contribution in [1.29, 1.82) is 0 Å². The zero-order valence-electron chi connectivity index (χ0n) is 18.6. The van der Waals surface area contributed by atoms with E-state index in [0.717, 1.165) is 31.5 Å². The SMILES string of the molecule is Nc1ccc(C(=O)N(CCN2CCC(C(=O)c3ccccc3)CC2)c2cccnc2)c(N)c1. The third-order valence-corrected chi connectivity index (χ3v) is 6.17. The van der Waals surface area contributed by atoms with E-state index < -0.39 is 0 Å². The fourth-order valence-electron chi connectivity index (χ4n) is 4.28. The molecule has 1 aliphatic heterocycles. The van der Waals surface area contributed by atoms with Crippen LogP contribution in [0.1, 0.15) is 33.6 Å². The first-order valence-corrected chi connectivity index (χ1v) is 11.2. The summed E-state index contributed by atoms with van der Waals surface area (Å²) in [6, 6.07) is 18.1. The number of anilines is 3. The highest BCUT2D eigenvalue weighted by molar-refractivity contribution is 6.09. The van der Waals surface area contributed by atoms with Gasteiger partial charge in [0.05, 0.1) is 17.4 Å². The van der Waals surface area contributed by atoms with Gasteiger partial charge in [-0.15, -0.1) is 0 Å². The van der Waals surface area contributed by atoms with Crippen molar-refractivity contribution < 1.29 is 9.59 Å². The van der Waals surface area contributed by atoms with Crippen molar-refractivity contribution in [3.8, 4) is 0 Å². The van der Waals surface area contributed by atoms with Crippen molar-refractivity contribution in [3.63, 3.8) is 0 Å². The van der Waals surface area contributed by atoms with Crippen molar-refractivity contribution in [1.82, 2.24) is 9.88 Å². The van der Waals surface area contributed by atoms with Gasteiger partial charge in [-0.05, 0) is 56.3 Å². The average molecular weight is 444 g/mol. The van der Waals surface area contributed by atoms with Crippen LogP contribution in [0.2, 0.25) is 0 Å². The number of benzene rings is 2. The minimum Gasteiger partial charge on any atom is -0.399 e. The number of carbonyl (C=O) groups excluding carboxylic acids is 2. The molecule has 0 saturated carbocycles. The van der Waals surface area contributed by atoms with Crippen LogP contribution in [0.3, 0.4) is 0 Å². The Kier molecular flexibility index (Phi) is 7.00. The molecule has 1 aliphatic rings. The van der Waals surface area contributed by atoms with Crippen molar-refractivity contribution in [2.45, 2.75) is 12.8 Å². The Balaban J connectivity index is 1.41. The highest BCUT2D eigenvalue weighted by Gasteiger charge is 2.27. The summed E-state index contributed by atoms with van der Waals surface area (Å²) < 4.78 is 0. The Hall–Kier alpha value is -3.71. The second-order valence-corrected chi connectivity index (χ2v) is 8.36. The van der Waals surface area contributed by atoms with Gasteiger partial charge in [-0.3, -0.25) is 14.6 Å². The molecule has 1 fully saturated rings. The van der Waals surface area contributed by atoms with Gasteiger partial charge in [0, 0.05) is 42.1 Å². The number of piperidine rings is 1. The predicted molar refractivity (Wildman–Crippen MR) is 131 cm³/mol. The largest absolute Gasteiger partial charge is 0.399 e. The Bertz CT molecular complexity index is 1100. The van der Waals surface area contributed by atoms with E-state index in [1.807, 2.05) is 42.5 Å². The molecule has 0 radical (unpaired) electrons. The third kappa shape index (κ3) is 5.38. The molecular formula is C26H29N5O2. The van der Waals surface area contributed by atoms with Crippen molar-refractivity contribution in [2.75, 3.05) is 42.5 Å². The van der Waals surface area contributed by atoms with E-state index in [9.17, 15) is 9.59 Å². The van der Waals surface area contributed by atoms with E-state index in [2.05, 4.69) is 9.88 Å². The first-order valence-electron chi connectivity index (χ1n) is 11.2. The van der Waals surface area contributed by atoms with Crippen LogP contribution in [0.4, 0.5) is 17.1 Å². The van der Waals surface area contributed by atoms with E-state index >= 15 is 0 Å².